The van der Waals surface area contributed by atoms with E-state index in [-0.39, 0.29) is 17.3 Å². The van der Waals surface area contributed by atoms with Gasteiger partial charge < -0.3 is 10.2 Å². The van der Waals surface area contributed by atoms with E-state index in [2.05, 4.69) is 15.6 Å². The van der Waals surface area contributed by atoms with Crippen LogP contribution in [0.4, 0.5) is 5.69 Å². The van der Waals surface area contributed by atoms with E-state index in [0.29, 0.717) is 24.5 Å². The Morgan fingerprint density at radius 3 is 2.96 bits per heavy atom. The highest BCUT2D eigenvalue weighted by Gasteiger charge is 2.24. The fourth-order valence-electron chi connectivity index (χ4n) is 2.71. The molecule has 1 N–H and O–H groups in total. The second-order valence-corrected chi connectivity index (χ2v) is 5.61. The van der Waals surface area contributed by atoms with Crippen molar-refractivity contribution in [3.8, 4) is 5.69 Å². The Labute approximate surface area is 138 Å². The molecule has 1 aromatic carbocycles. The van der Waals surface area contributed by atoms with Crippen LogP contribution in [-0.2, 0) is 0 Å². The molecule has 0 unspecified atom stereocenters. The van der Waals surface area contributed by atoms with Gasteiger partial charge in [0.05, 0.1) is 16.3 Å². The summed E-state index contributed by atoms with van der Waals surface area (Å²) >= 11 is 0. The van der Waals surface area contributed by atoms with E-state index in [0.717, 1.165) is 19.5 Å². The molecule has 9 nitrogen and oxygen atoms in total. The molecule has 0 aliphatic carbocycles. The van der Waals surface area contributed by atoms with Gasteiger partial charge in [0.2, 0.25) is 0 Å². The summed E-state index contributed by atoms with van der Waals surface area (Å²) in [4.78, 5) is 24.9. The van der Waals surface area contributed by atoms with E-state index in [4.69, 9.17) is 0 Å². The number of rotatable bonds is 3. The number of aromatic nitrogens is 3. The van der Waals surface area contributed by atoms with Gasteiger partial charge in [0, 0.05) is 31.8 Å². The number of hydrogen-bond acceptors (Lipinski definition) is 6. The second-order valence-electron chi connectivity index (χ2n) is 5.61. The summed E-state index contributed by atoms with van der Waals surface area (Å²) < 4.78 is 1.45. The maximum Gasteiger partial charge on any atom is 0.276 e. The zero-order chi connectivity index (χ0) is 17.1. The molecular formula is C15H18N6O3. The van der Waals surface area contributed by atoms with E-state index in [1.165, 1.54) is 16.8 Å². The third kappa shape index (κ3) is 3.11. The smallest absolute Gasteiger partial charge is 0.276 e. The fourth-order valence-corrected chi connectivity index (χ4v) is 2.71. The normalized spacial score (nSPS) is 15.1. The van der Waals surface area contributed by atoms with Crippen molar-refractivity contribution >= 4 is 11.6 Å². The Bertz CT molecular complexity index is 764. The van der Waals surface area contributed by atoms with Gasteiger partial charge >= 0.3 is 0 Å². The second kappa shape index (κ2) is 6.75. The summed E-state index contributed by atoms with van der Waals surface area (Å²) in [6.07, 6.45) is 0.893. The number of benzene rings is 1. The summed E-state index contributed by atoms with van der Waals surface area (Å²) in [7, 11) is 0. The fraction of sp³-hybridized carbons (Fsp3) is 0.400. The molecule has 24 heavy (non-hydrogen) atoms. The van der Waals surface area contributed by atoms with Crippen LogP contribution in [0.25, 0.3) is 5.69 Å². The van der Waals surface area contributed by atoms with Gasteiger partial charge in [0.1, 0.15) is 0 Å². The highest BCUT2D eigenvalue weighted by atomic mass is 16.6. The van der Waals surface area contributed by atoms with E-state index < -0.39 is 4.92 Å². The van der Waals surface area contributed by atoms with Crippen molar-refractivity contribution in [2.75, 3.05) is 26.2 Å². The van der Waals surface area contributed by atoms with Gasteiger partial charge in [0.25, 0.3) is 11.6 Å². The predicted molar refractivity (Wildman–Crippen MR) is 86.1 cm³/mol. The average Bonchev–Trinajstić information content (AvgIpc) is 2.79. The molecule has 0 radical (unpaired) electrons. The zero-order valence-corrected chi connectivity index (χ0v) is 13.3. The third-order valence-corrected chi connectivity index (χ3v) is 4.01. The van der Waals surface area contributed by atoms with Crippen molar-refractivity contribution in [3.63, 3.8) is 0 Å². The van der Waals surface area contributed by atoms with Gasteiger partial charge in [-0.05, 0) is 26.0 Å². The number of nitro benzene ring substituents is 1. The molecule has 1 fully saturated rings. The lowest BCUT2D eigenvalue weighted by Crippen LogP contribution is -2.34. The number of nitrogens with one attached hydrogen (secondary N) is 1. The molecule has 1 amide bonds. The number of carbonyl (C=O) groups is 1. The number of carbonyl (C=O) groups excluding carboxylic acids is 1. The lowest BCUT2D eigenvalue weighted by molar-refractivity contribution is -0.384. The monoisotopic (exact) mass is 330 g/mol. The molecule has 1 aliphatic rings. The lowest BCUT2D eigenvalue weighted by Gasteiger charge is -2.18. The maximum atomic E-state index is 12.7. The van der Waals surface area contributed by atoms with Crippen molar-refractivity contribution in [2.45, 2.75) is 13.3 Å². The van der Waals surface area contributed by atoms with Gasteiger partial charge in [-0.1, -0.05) is 11.3 Å². The van der Waals surface area contributed by atoms with Crippen LogP contribution in [0, 0.1) is 17.0 Å². The number of hydrogen-bond donors (Lipinski definition) is 1. The number of nitrogens with zero attached hydrogens (tertiary/aromatic N) is 5. The van der Waals surface area contributed by atoms with Crippen LogP contribution in [0.15, 0.2) is 24.3 Å². The minimum atomic E-state index is -0.466. The molecule has 2 heterocycles. The van der Waals surface area contributed by atoms with Crippen LogP contribution < -0.4 is 5.32 Å². The minimum Gasteiger partial charge on any atom is -0.336 e. The van der Waals surface area contributed by atoms with Gasteiger partial charge in [-0.3, -0.25) is 14.9 Å². The largest absolute Gasteiger partial charge is 0.336 e. The number of nitro groups is 1. The van der Waals surface area contributed by atoms with Crippen LogP contribution in [0.1, 0.15) is 22.6 Å². The van der Waals surface area contributed by atoms with Crippen LogP contribution in [0.5, 0.6) is 0 Å². The highest BCUT2D eigenvalue weighted by Crippen LogP contribution is 2.19. The first-order valence-corrected chi connectivity index (χ1v) is 7.75. The Kier molecular flexibility index (Phi) is 4.52. The molecule has 126 valence electrons. The average molecular weight is 330 g/mol. The van der Waals surface area contributed by atoms with Gasteiger partial charge in [-0.25, -0.2) is 4.68 Å². The predicted octanol–water partition coefficient (Wildman–Crippen LogP) is 0.919. The Morgan fingerprint density at radius 2 is 2.17 bits per heavy atom. The van der Waals surface area contributed by atoms with E-state index >= 15 is 0 Å². The molecule has 0 bridgehead atoms. The Hall–Kier alpha value is -2.81. The molecule has 2 aromatic rings. The van der Waals surface area contributed by atoms with Crippen LogP contribution >= 0.6 is 0 Å². The van der Waals surface area contributed by atoms with Gasteiger partial charge in [-0.15, -0.1) is 5.10 Å². The molecular weight excluding hydrogens is 312 g/mol. The van der Waals surface area contributed by atoms with E-state index in [1.807, 2.05) is 0 Å². The molecule has 0 saturated carbocycles. The van der Waals surface area contributed by atoms with Crippen LogP contribution in [0.3, 0.4) is 0 Å². The summed E-state index contributed by atoms with van der Waals surface area (Å²) in [6.45, 7) is 4.69. The van der Waals surface area contributed by atoms with Crippen molar-refractivity contribution in [3.05, 3.63) is 45.8 Å². The van der Waals surface area contributed by atoms with Crippen molar-refractivity contribution in [1.82, 2.24) is 25.2 Å². The summed E-state index contributed by atoms with van der Waals surface area (Å²) in [5, 5.41) is 22.2. The summed E-state index contributed by atoms with van der Waals surface area (Å²) in [5.74, 6) is -0.159. The molecule has 1 saturated heterocycles. The number of non-ortho nitro benzene ring substituents is 1. The molecule has 0 spiro atoms. The quantitative estimate of drug-likeness (QED) is 0.662. The Morgan fingerprint density at radius 1 is 1.33 bits per heavy atom. The van der Waals surface area contributed by atoms with E-state index in [9.17, 15) is 14.9 Å². The third-order valence-electron chi connectivity index (χ3n) is 4.01. The summed E-state index contributed by atoms with van der Waals surface area (Å²) in [6, 6.07) is 6.09. The SMILES string of the molecule is Cc1c(C(=O)N2CCCNCC2)nnn1-c1cccc([N+](=O)[O-])c1. The first kappa shape index (κ1) is 16.1. The minimum absolute atomic E-state index is 0.0335. The van der Waals surface area contributed by atoms with Crippen molar-refractivity contribution < 1.29 is 9.72 Å². The molecule has 1 aromatic heterocycles. The Balaban J connectivity index is 1.89. The molecule has 0 atom stereocenters. The standard InChI is InChI=1S/C15H18N6O3/c1-11-14(15(22)19-8-3-6-16-7-9-19)17-18-20(11)12-4-2-5-13(10-12)21(23)24/h2,4-5,10,16H,3,6-9H2,1H3. The number of amides is 1. The molecule has 1 aliphatic heterocycles. The zero-order valence-electron chi connectivity index (χ0n) is 13.3. The molecule has 9 heteroatoms. The lowest BCUT2D eigenvalue weighted by atomic mass is 10.2. The van der Waals surface area contributed by atoms with Crippen LogP contribution in [0.2, 0.25) is 0 Å². The first-order chi connectivity index (χ1) is 11.6. The first-order valence-electron chi connectivity index (χ1n) is 7.75. The summed E-state index contributed by atoms with van der Waals surface area (Å²) in [5.41, 5.74) is 1.32. The van der Waals surface area contributed by atoms with Crippen molar-refractivity contribution in [1.29, 1.82) is 0 Å². The maximum absolute atomic E-state index is 12.7. The highest BCUT2D eigenvalue weighted by molar-refractivity contribution is 5.93. The topological polar surface area (TPSA) is 106 Å². The van der Waals surface area contributed by atoms with E-state index in [1.54, 1.807) is 24.0 Å². The molecule has 3 rings (SSSR count). The van der Waals surface area contributed by atoms with Crippen LogP contribution in [-0.4, -0.2) is 56.9 Å². The van der Waals surface area contributed by atoms with Crippen molar-refractivity contribution in [2.24, 2.45) is 0 Å². The van der Waals surface area contributed by atoms with Gasteiger partial charge in [0.15, 0.2) is 5.69 Å². The van der Waals surface area contributed by atoms with Gasteiger partial charge in [-0.2, -0.15) is 0 Å².